The minimum atomic E-state index is -0.853. The van der Waals surface area contributed by atoms with Crippen LogP contribution in [0.25, 0.3) is 0 Å². The molecule has 6 rings (SSSR count). The summed E-state index contributed by atoms with van der Waals surface area (Å²) in [5, 5.41) is 21.4. The summed E-state index contributed by atoms with van der Waals surface area (Å²) < 4.78 is 0. The number of amidine groups is 1. The first-order valence-corrected chi connectivity index (χ1v) is 13.5. The molecule has 0 radical (unpaired) electrons. The smallest absolute Gasteiger partial charge is 0.248 e. The van der Waals surface area contributed by atoms with Crippen molar-refractivity contribution in [3.8, 4) is 6.07 Å². The quantitative estimate of drug-likeness (QED) is 0.431. The summed E-state index contributed by atoms with van der Waals surface area (Å²) >= 11 is 0. The largest absolute Gasteiger partial charge is 0.366 e. The Morgan fingerprint density at radius 1 is 1.02 bits per heavy atom. The van der Waals surface area contributed by atoms with Crippen molar-refractivity contribution in [2.24, 2.45) is 32.6 Å². The predicted octanol–water partition coefficient (Wildman–Crippen LogP) is 1.58. The molecule has 11 nitrogen and oxygen atoms in total. The highest BCUT2D eigenvalue weighted by Crippen LogP contribution is 2.48. The second kappa shape index (κ2) is 9.95. The Hall–Kier alpha value is -4.43. The number of piperidine rings is 1. The number of aryl methyl sites for hydroxylation is 2. The lowest BCUT2D eigenvalue weighted by Gasteiger charge is -2.35. The summed E-state index contributed by atoms with van der Waals surface area (Å²) in [4.78, 5) is 43.5. The molecule has 1 saturated carbocycles. The van der Waals surface area contributed by atoms with Gasteiger partial charge >= 0.3 is 0 Å². The lowest BCUT2D eigenvalue weighted by atomic mass is 9.68. The van der Waals surface area contributed by atoms with Crippen LogP contribution in [0.1, 0.15) is 62.2 Å². The highest BCUT2D eigenvalue weighted by Gasteiger charge is 2.54. The first kappa shape index (κ1) is 25.8. The first-order chi connectivity index (χ1) is 19.3. The zero-order valence-corrected chi connectivity index (χ0v) is 22.0. The van der Waals surface area contributed by atoms with Crippen molar-refractivity contribution in [3.63, 3.8) is 0 Å². The van der Waals surface area contributed by atoms with E-state index >= 15 is 0 Å². The van der Waals surface area contributed by atoms with Gasteiger partial charge in [-0.15, -0.1) is 5.11 Å². The van der Waals surface area contributed by atoms with E-state index in [4.69, 9.17) is 11.5 Å². The topological polar surface area (TPSA) is 179 Å². The number of azo groups is 1. The molecule has 204 valence electrons. The Bertz CT molecular complexity index is 1460. The Labute approximate surface area is 231 Å². The van der Waals surface area contributed by atoms with Gasteiger partial charge in [-0.25, -0.2) is 4.99 Å². The van der Waals surface area contributed by atoms with Crippen LogP contribution in [0.4, 0.5) is 0 Å². The highest BCUT2D eigenvalue weighted by molar-refractivity contribution is 6.00. The van der Waals surface area contributed by atoms with E-state index in [0.29, 0.717) is 48.7 Å². The van der Waals surface area contributed by atoms with Gasteiger partial charge in [0.2, 0.25) is 17.7 Å². The maximum Gasteiger partial charge on any atom is 0.248 e. The van der Waals surface area contributed by atoms with Crippen molar-refractivity contribution in [2.75, 3.05) is 19.8 Å². The Morgan fingerprint density at radius 2 is 1.68 bits per heavy atom. The molecule has 2 aliphatic heterocycles. The lowest BCUT2D eigenvalue weighted by Crippen LogP contribution is -2.44. The summed E-state index contributed by atoms with van der Waals surface area (Å²) in [6, 6.07) is 13.0. The van der Waals surface area contributed by atoms with Crippen LogP contribution in [0.2, 0.25) is 0 Å². The third-order valence-corrected chi connectivity index (χ3v) is 8.69. The summed E-state index contributed by atoms with van der Waals surface area (Å²) in [7, 11) is 0. The number of amides is 3. The minimum absolute atomic E-state index is 0.0673. The fraction of sp³-hybridized carbons (Fsp3) is 0.414. The summed E-state index contributed by atoms with van der Waals surface area (Å²) in [5.41, 5.74) is 14.9. The number of fused-ring (bicyclic) bond motifs is 3. The van der Waals surface area contributed by atoms with Gasteiger partial charge in [-0.1, -0.05) is 12.1 Å². The van der Waals surface area contributed by atoms with Crippen molar-refractivity contribution in [1.29, 1.82) is 5.26 Å². The monoisotopic (exact) mass is 538 g/mol. The van der Waals surface area contributed by atoms with Gasteiger partial charge in [0.1, 0.15) is 6.04 Å². The third kappa shape index (κ3) is 4.25. The van der Waals surface area contributed by atoms with E-state index in [2.05, 4.69) is 26.6 Å². The molecule has 2 fully saturated rings. The molecule has 1 saturated heterocycles. The zero-order valence-electron chi connectivity index (χ0n) is 22.0. The molecule has 0 bridgehead atoms. The Kier molecular flexibility index (Phi) is 6.43. The van der Waals surface area contributed by atoms with E-state index in [1.54, 1.807) is 17.0 Å². The van der Waals surface area contributed by atoms with Crippen molar-refractivity contribution < 1.29 is 14.4 Å². The van der Waals surface area contributed by atoms with Gasteiger partial charge in [0.05, 0.1) is 18.0 Å². The van der Waals surface area contributed by atoms with Gasteiger partial charge in [0, 0.05) is 17.2 Å². The molecule has 3 atom stereocenters. The number of carbonyl (C=O) groups is 3. The number of nitrogens with two attached hydrogens (primary N) is 2. The van der Waals surface area contributed by atoms with Crippen LogP contribution in [0.15, 0.2) is 51.6 Å². The molecule has 40 heavy (non-hydrogen) atoms. The number of hydrogen-bond acceptors (Lipinski definition) is 8. The average Bonchev–Trinajstić information content (AvgIpc) is 3.34. The number of carbonyl (C=O) groups excluding carboxylic acids is 3. The van der Waals surface area contributed by atoms with Crippen molar-refractivity contribution >= 4 is 23.6 Å². The van der Waals surface area contributed by atoms with Crippen molar-refractivity contribution in [2.45, 2.75) is 49.6 Å². The minimum Gasteiger partial charge on any atom is -0.366 e. The SMILES string of the molecule is N#C[C@@H]1C[C@@H]2C[C@@H]2N1C(=O)CNCCC1(C2=NCN=N2)c2ccc(C(N)=O)cc2CCc2cc(C(N)=O)ccc21. The van der Waals surface area contributed by atoms with Crippen LogP contribution in [-0.2, 0) is 23.1 Å². The van der Waals surface area contributed by atoms with E-state index in [1.807, 2.05) is 24.3 Å². The number of aliphatic imine (C=N–C) groups is 1. The Balaban J connectivity index is 1.36. The molecule has 2 heterocycles. The number of likely N-dealkylation sites (tertiary alicyclic amines) is 1. The summed E-state index contributed by atoms with van der Waals surface area (Å²) in [6.45, 7) is 0.763. The molecule has 11 heteroatoms. The van der Waals surface area contributed by atoms with Crippen LogP contribution < -0.4 is 16.8 Å². The van der Waals surface area contributed by atoms with E-state index in [1.165, 1.54) is 0 Å². The van der Waals surface area contributed by atoms with Crippen LogP contribution in [0.5, 0.6) is 0 Å². The molecule has 0 unspecified atom stereocenters. The Morgan fingerprint density at radius 3 is 2.23 bits per heavy atom. The predicted molar refractivity (Wildman–Crippen MR) is 146 cm³/mol. The number of benzene rings is 2. The van der Waals surface area contributed by atoms with E-state index in [9.17, 15) is 19.6 Å². The number of primary amides is 2. The number of rotatable bonds is 8. The van der Waals surface area contributed by atoms with E-state index in [-0.39, 0.29) is 31.2 Å². The first-order valence-electron chi connectivity index (χ1n) is 13.5. The molecular weight excluding hydrogens is 508 g/mol. The van der Waals surface area contributed by atoms with E-state index < -0.39 is 17.2 Å². The number of nitrogens with zero attached hydrogens (tertiary/aromatic N) is 5. The number of hydrogen-bond donors (Lipinski definition) is 3. The molecule has 4 aliphatic rings. The van der Waals surface area contributed by atoms with Gasteiger partial charge < -0.3 is 21.7 Å². The molecule has 2 aromatic carbocycles. The van der Waals surface area contributed by atoms with Crippen molar-refractivity contribution in [3.05, 3.63) is 69.8 Å². The fourth-order valence-corrected chi connectivity index (χ4v) is 6.72. The second-order valence-electron chi connectivity index (χ2n) is 10.9. The van der Waals surface area contributed by atoms with Crippen molar-refractivity contribution in [1.82, 2.24) is 10.2 Å². The maximum atomic E-state index is 13.1. The van der Waals surface area contributed by atoms with Gasteiger partial charge in [-0.05, 0) is 91.1 Å². The standard InChI is InChI=1S/C29H30N8O3/c30-13-21-11-20-12-24(20)37(21)25(38)14-33-8-7-29(28-34-15-35-36-28)22-5-3-18(26(31)39)9-16(22)1-2-17-10-19(27(32)40)4-6-23(17)29/h3-6,9-10,20-21,24,33H,1-2,7-8,11-12,14-15H2,(H2,31,39)(H2,32,40)/t20-,21+,24+/m1/s1. The van der Waals surface area contributed by atoms with Gasteiger partial charge in [0.15, 0.2) is 12.5 Å². The maximum absolute atomic E-state index is 13.1. The number of nitrogens with one attached hydrogen (secondary N) is 1. The van der Waals surface area contributed by atoms with Crippen LogP contribution in [0.3, 0.4) is 0 Å². The van der Waals surface area contributed by atoms with Crippen LogP contribution in [0, 0.1) is 17.2 Å². The van der Waals surface area contributed by atoms with Gasteiger partial charge in [0.25, 0.3) is 0 Å². The fourth-order valence-electron chi connectivity index (χ4n) is 6.72. The summed E-state index contributed by atoms with van der Waals surface area (Å²) in [5.74, 6) is -0.104. The molecule has 3 amide bonds. The molecule has 2 aromatic rings. The highest BCUT2D eigenvalue weighted by atomic mass is 16.2. The zero-order chi connectivity index (χ0) is 28.0. The molecule has 5 N–H and O–H groups in total. The van der Waals surface area contributed by atoms with Gasteiger partial charge in [-0.3, -0.25) is 14.4 Å². The molecule has 2 aliphatic carbocycles. The van der Waals surface area contributed by atoms with Gasteiger partial charge in [-0.2, -0.15) is 10.4 Å². The number of nitriles is 1. The average molecular weight is 539 g/mol. The van der Waals surface area contributed by atoms with Crippen LogP contribution >= 0.6 is 0 Å². The second-order valence-corrected chi connectivity index (χ2v) is 10.9. The van der Waals surface area contributed by atoms with Crippen LogP contribution in [-0.4, -0.2) is 60.3 Å². The molecular formula is C29H30N8O3. The molecule has 0 spiro atoms. The normalized spacial score (nSPS) is 23.3. The molecule has 0 aromatic heterocycles. The summed E-state index contributed by atoms with van der Waals surface area (Å²) in [6.07, 6.45) is 3.44. The lowest BCUT2D eigenvalue weighted by molar-refractivity contribution is -0.131. The third-order valence-electron chi connectivity index (χ3n) is 8.69. The van der Waals surface area contributed by atoms with E-state index in [0.717, 1.165) is 35.1 Å².